The van der Waals surface area contributed by atoms with Crippen molar-refractivity contribution >= 4 is 11.5 Å². The van der Waals surface area contributed by atoms with E-state index in [1.54, 1.807) is 6.07 Å². The molecule has 4 aromatic rings. The fraction of sp³-hybridized carbons (Fsp3) is 0.250. The highest BCUT2D eigenvalue weighted by Gasteiger charge is 2.25. The van der Waals surface area contributed by atoms with Crippen molar-refractivity contribution in [2.75, 3.05) is 6.61 Å². The molecule has 5 rings (SSSR count). The number of oxazole rings is 1. The van der Waals surface area contributed by atoms with Gasteiger partial charge in [0.2, 0.25) is 5.89 Å². The lowest BCUT2D eigenvalue weighted by Gasteiger charge is -2.21. The molecule has 0 spiro atoms. The van der Waals surface area contributed by atoms with Crippen molar-refractivity contribution < 1.29 is 19.1 Å². The summed E-state index contributed by atoms with van der Waals surface area (Å²) in [6, 6.07) is 28.1. The van der Waals surface area contributed by atoms with Gasteiger partial charge in [-0.15, -0.1) is 0 Å². The molecule has 5 heteroatoms. The molecule has 0 saturated heterocycles. The number of benzene rings is 3. The Kier molecular flexibility index (Phi) is 7.80. The Labute approximate surface area is 217 Å². The Bertz CT molecular complexity index is 1300. The van der Waals surface area contributed by atoms with Crippen LogP contribution in [0.25, 0.3) is 28.2 Å². The van der Waals surface area contributed by atoms with Crippen LogP contribution in [0.3, 0.4) is 0 Å². The lowest BCUT2D eigenvalue weighted by Crippen LogP contribution is -2.11. The zero-order chi connectivity index (χ0) is 25.5. The maximum absolute atomic E-state index is 10.9. The number of allylic oxidation sites excluding steroid dienone is 2. The summed E-state index contributed by atoms with van der Waals surface area (Å²) in [5.41, 5.74) is 5.15. The first-order valence-electron chi connectivity index (χ1n) is 12.9. The molecular formula is C32H31NO4. The SMILES string of the molecule is O=C(O)COc1cccc(CC2CCCCCC=C2c2nc(-c3ccccc3)c(-c3ccccc3)o2)c1. The second-order valence-corrected chi connectivity index (χ2v) is 9.46. The Morgan fingerprint density at radius 1 is 0.919 bits per heavy atom. The van der Waals surface area contributed by atoms with Crippen LogP contribution in [0.15, 0.2) is 95.4 Å². The maximum atomic E-state index is 10.9. The standard InChI is InChI=1S/C32H31NO4/c34-29(35)22-36-27-18-11-12-23(21-27)20-26-17-5-1-2-10-19-28(26)32-33-30(24-13-6-3-7-14-24)31(37-32)25-15-8-4-9-16-25/h3-4,6-9,11-16,18-19,21,26H,1-2,5,10,17,20,22H2,(H,34,35). The number of carbonyl (C=O) groups is 1. The van der Waals surface area contributed by atoms with E-state index in [0.717, 1.165) is 65.8 Å². The van der Waals surface area contributed by atoms with E-state index in [0.29, 0.717) is 11.6 Å². The van der Waals surface area contributed by atoms with Crippen LogP contribution in [0, 0.1) is 5.92 Å². The van der Waals surface area contributed by atoms with Crippen LogP contribution in [0.5, 0.6) is 5.75 Å². The van der Waals surface area contributed by atoms with Gasteiger partial charge in [0.25, 0.3) is 0 Å². The number of rotatable bonds is 8. The molecule has 0 bridgehead atoms. The highest BCUT2D eigenvalue weighted by atomic mass is 16.5. The molecule has 1 aliphatic rings. The fourth-order valence-electron chi connectivity index (χ4n) is 4.98. The Hall–Kier alpha value is -4.12. The van der Waals surface area contributed by atoms with Gasteiger partial charge in [0.1, 0.15) is 11.4 Å². The Balaban J connectivity index is 1.51. The third-order valence-electron chi connectivity index (χ3n) is 6.76. The van der Waals surface area contributed by atoms with Gasteiger partial charge in [0.15, 0.2) is 12.4 Å². The first kappa shape index (κ1) is 24.6. The maximum Gasteiger partial charge on any atom is 0.341 e. The van der Waals surface area contributed by atoms with Gasteiger partial charge in [-0.05, 0) is 49.3 Å². The van der Waals surface area contributed by atoms with E-state index in [1.807, 2.05) is 48.5 Å². The summed E-state index contributed by atoms with van der Waals surface area (Å²) in [4.78, 5) is 16.0. The second-order valence-electron chi connectivity index (χ2n) is 9.46. The molecule has 0 amide bonds. The minimum atomic E-state index is -0.983. The summed E-state index contributed by atoms with van der Waals surface area (Å²) in [6.45, 7) is -0.348. The van der Waals surface area contributed by atoms with Crippen LogP contribution in [0.4, 0.5) is 0 Å². The minimum absolute atomic E-state index is 0.237. The molecule has 1 aromatic heterocycles. The second kappa shape index (κ2) is 11.7. The molecule has 188 valence electrons. The monoisotopic (exact) mass is 493 g/mol. The summed E-state index contributed by atoms with van der Waals surface area (Å²) in [7, 11) is 0. The topological polar surface area (TPSA) is 72.6 Å². The van der Waals surface area contributed by atoms with Gasteiger partial charge in [0.05, 0.1) is 0 Å². The molecule has 1 heterocycles. The number of ether oxygens (including phenoxy) is 1. The molecule has 0 aliphatic heterocycles. The molecule has 0 fully saturated rings. The van der Waals surface area contributed by atoms with E-state index < -0.39 is 5.97 Å². The minimum Gasteiger partial charge on any atom is -0.482 e. The molecular weight excluding hydrogens is 462 g/mol. The lowest BCUT2D eigenvalue weighted by molar-refractivity contribution is -0.139. The van der Waals surface area contributed by atoms with Crippen molar-refractivity contribution in [3.8, 4) is 28.3 Å². The third-order valence-corrected chi connectivity index (χ3v) is 6.76. The Morgan fingerprint density at radius 2 is 1.68 bits per heavy atom. The number of carboxylic acid groups (broad SMARTS) is 1. The summed E-state index contributed by atoms with van der Waals surface area (Å²) in [5, 5.41) is 8.96. The van der Waals surface area contributed by atoms with Gasteiger partial charge < -0.3 is 14.3 Å². The van der Waals surface area contributed by atoms with Crippen molar-refractivity contribution in [1.29, 1.82) is 0 Å². The predicted octanol–water partition coefficient (Wildman–Crippen LogP) is 7.68. The van der Waals surface area contributed by atoms with Gasteiger partial charge in [0, 0.05) is 16.7 Å². The van der Waals surface area contributed by atoms with Crippen molar-refractivity contribution in [2.45, 2.75) is 38.5 Å². The highest BCUT2D eigenvalue weighted by Crippen LogP contribution is 2.39. The van der Waals surface area contributed by atoms with Crippen molar-refractivity contribution in [3.63, 3.8) is 0 Å². The largest absolute Gasteiger partial charge is 0.482 e. The predicted molar refractivity (Wildman–Crippen MR) is 145 cm³/mol. The van der Waals surface area contributed by atoms with E-state index >= 15 is 0 Å². The number of aliphatic carboxylic acids is 1. The van der Waals surface area contributed by atoms with Crippen molar-refractivity contribution in [3.05, 3.63) is 102 Å². The highest BCUT2D eigenvalue weighted by molar-refractivity contribution is 5.79. The van der Waals surface area contributed by atoms with Gasteiger partial charge in [-0.3, -0.25) is 0 Å². The zero-order valence-corrected chi connectivity index (χ0v) is 20.8. The number of nitrogens with zero attached hydrogens (tertiary/aromatic N) is 1. The quantitative estimate of drug-likeness (QED) is 0.272. The Morgan fingerprint density at radius 3 is 2.43 bits per heavy atom. The summed E-state index contributed by atoms with van der Waals surface area (Å²) in [5.74, 6) is 1.30. The van der Waals surface area contributed by atoms with Crippen LogP contribution in [0.2, 0.25) is 0 Å². The smallest absolute Gasteiger partial charge is 0.341 e. The van der Waals surface area contributed by atoms with E-state index in [-0.39, 0.29) is 12.5 Å². The molecule has 1 aliphatic carbocycles. The van der Waals surface area contributed by atoms with Crippen molar-refractivity contribution in [2.24, 2.45) is 5.92 Å². The summed E-state index contributed by atoms with van der Waals surface area (Å²) in [6.07, 6.45) is 8.66. The molecule has 37 heavy (non-hydrogen) atoms. The lowest BCUT2D eigenvalue weighted by atomic mass is 9.84. The van der Waals surface area contributed by atoms with Gasteiger partial charge in [-0.1, -0.05) is 91.7 Å². The van der Waals surface area contributed by atoms with Crippen LogP contribution in [-0.2, 0) is 11.2 Å². The molecule has 0 radical (unpaired) electrons. The third kappa shape index (κ3) is 6.18. The van der Waals surface area contributed by atoms with E-state index in [2.05, 4.69) is 36.4 Å². The number of hydrogen-bond acceptors (Lipinski definition) is 4. The van der Waals surface area contributed by atoms with Crippen LogP contribution >= 0.6 is 0 Å². The van der Waals surface area contributed by atoms with Crippen molar-refractivity contribution in [1.82, 2.24) is 4.98 Å². The molecule has 1 unspecified atom stereocenters. The summed E-state index contributed by atoms with van der Waals surface area (Å²) >= 11 is 0. The molecule has 0 saturated carbocycles. The van der Waals surface area contributed by atoms with Crippen LogP contribution in [0.1, 0.15) is 43.6 Å². The van der Waals surface area contributed by atoms with Gasteiger partial charge in [-0.2, -0.15) is 0 Å². The number of aromatic nitrogens is 1. The van der Waals surface area contributed by atoms with E-state index in [4.69, 9.17) is 19.2 Å². The average Bonchev–Trinajstić information content (AvgIpc) is 3.36. The molecule has 3 aromatic carbocycles. The van der Waals surface area contributed by atoms with E-state index in [1.165, 1.54) is 6.42 Å². The average molecular weight is 494 g/mol. The normalized spacial score (nSPS) is 15.9. The first-order chi connectivity index (χ1) is 18.2. The molecule has 1 N–H and O–H groups in total. The molecule has 5 nitrogen and oxygen atoms in total. The van der Waals surface area contributed by atoms with E-state index in [9.17, 15) is 4.79 Å². The molecule has 1 atom stereocenters. The van der Waals surface area contributed by atoms with Crippen LogP contribution in [-0.4, -0.2) is 22.7 Å². The van der Waals surface area contributed by atoms with Crippen LogP contribution < -0.4 is 4.74 Å². The zero-order valence-electron chi connectivity index (χ0n) is 20.8. The summed E-state index contributed by atoms with van der Waals surface area (Å²) < 4.78 is 12.0. The van der Waals surface area contributed by atoms with Gasteiger partial charge in [-0.25, -0.2) is 9.78 Å². The van der Waals surface area contributed by atoms with Gasteiger partial charge >= 0.3 is 5.97 Å². The number of hydrogen-bond donors (Lipinski definition) is 1. The fourth-order valence-corrected chi connectivity index (χ4v) is 4.98. The number of carboxylic acids is 1. The first-order valence-corrected chi connectivity index (χ1v) is 12.9.